The SMILES string of the molecule is CCOP(=O)(CC)OCC.NC(=O)NN=O. The van der Waals surface area contributed by atoms with Gasteiger partial charge in [0.2, 0.25) is 0 Å². The van der Waals surface area contributed by atoms with Gasteiger partial charge in [-0.1, -0.05) is 6.92 Å². The maximum atomic E-state index is 11.3. The first kappa shape index (κ1) is 17.4. The quantitative estimate of drug-likeness (QED) is 0.424. The van der Waals surface area contributed by atoms with Crippen LogP contribution in [-0.2, 0) is 13.6 Å². The van der Waals surface area contributed by atoms with E-state index in [4.69, 9.17) is 14.0 Å². The van der Waals surface area contributed by atoms with E-state index in [1.807, 2.05) is 5.29 Å². The molecule has 0 aliphatic carbocycles. The van der Waals surface area contributed by atoms with Crippen LogP contribution in [0.1, 0.15) is 20.8 Å². The average Bonchev–Trinajstić information content (AvgIpc) is 2.19. The number of carbonyl (C=O) groups is 1. The van der Waals surface area contributed by atoms with Crippen LogP contribution in [0.4, 0.5) is 4.79 Å². The molecular formula is C7H18N3O5P. The normalized spacial score (nSPS) is 9.94. The Labute approximate surface area is 94.3 Å². The number of nitrogens with two attached hydrogens (primary N) is 1. The Hall–Kier alpha value is -0.980. The van der Waals surface area contributed by atoms with Crippen LogP contribution in [0, 0.1) is 4.91 Å². The zero-order chi connectivity index (χ0) is 13.0. The first-order valence-electron chi connectivity index (χ1n) is 4.71. The highest BCUT2D eigenvalue weighted by Gasteiger charge is 2.19. The van der Waals surface area contributed by atoms with Crippen LogP contribution < -0.4 is 11.2 Å². The fraction of sp³-hybridized carbons (Fsp3) is 0.857. The summed E-state index contributed by atoms with van der Waals surface area (Å²) < 4.78 is 21.2. The van der Waals surface area contributed by atoms with Gasteiger partial charge in [0.1, 0.15) is 0 Å². The predicted octanol–water partition coefficient (Wildman–Crippen LogP) is 1.61. The van der Waals surface area contributed by atoms with Crippen LogP contribution in [0.15, 0.2) is 5.29 Å². The van der Waals surface area contributed by atoms with Gasteiger partial charge in [0, 0.05) is 6.16 Å². The van der Waals surface area contributed by atoms with Crippen molar-refractivity contribution in [3.8, 4) is 0 Å². The van der Waals surface area contributed by atoms with Gasteiger partial charge in [-0.2, -0.15) is 5.43 Å². The summed E-state index contributed by atoms with van der Waals surface area (Å²) in [4.78, 5) is 18.4. The summed E-state index contributed by atoms with van der Waals surface area (Å²) in [5.41, 5.74) is 5.78. The number of urea groups is 1. The van der Waals surface area contributed by atoms with Crippen molar-refractivity contribution in [2.75, 3.05) is 19.4 Å². The fourth-order valence-electron chi connectivity index (χ4n) is 0.658. The van der Waals surface area contributed by atoms with Crippen molar-refractivity contribution in [3.63, 3.8) is 0 Å². The number of hydrogen-bond donors (Lipinski definition) is 2. The molecule has 0 aliphatic rings. The molecular weight excluding hydrogens is 237 g/mol. The summed E-state index contributed by atoms with van der Waals surface area (Å²) >= 11 is 0. The lowest BCUT2D eigenvalue weighted by Crippen LogP contribution is -2.23. The predicted molar refractivity (Wildman–Crippen MR) is 59.9 cm³/mol. The minimum atomic E-state index is -2.70. The van der Waals surface area contributed by atoms with E-state index in [2.05, 4.69) is 5.73 Å². The molecule has 0 radical (unpaired) electrons. The highest BCUT2D eigenvalue weighted by atomic mass is 31.2. The molecule has 0 aliphatic heterocycles. The van der Waals surface area contributed by atoms with Crippen molar-refractivity contribution in [1.29, 1.82) is 0 Å². The standard InChI is InChI=1S/C6H15O3P.CH3N3O2/c1-4-8-10(7,6-3)9-5-2;2-1(5)3-4-6/h4-6H2,1-3H3;(H3,2,3,5,6). The first-order valence-corrected chi connectivity index (χ1v) is 6.44. The number of carbonyl (C=O) groups excluding carboxylic acids is 1. The molecule has 3 N–H and O–H groups in total. The molecule has 0 bridgehead atoms. The summed E-state index contributed by atoms with van der Waals surface area (Å²) in [6.07, 6.45) is 0.453. The molecule has 0 heterocycles. The third kappa shape index (κ3) is 11.1. The Bertz CT molecular complexity index is 238. The molecule has 0 saturated heterocycles. The Kier molecular flexibility index (Phi) is 11.5. The largest absolute Gasteiger partial charge is 0.350 e. The number of hydrogen-bond acceptors (Lipinski definition) is 6. The molecule has 8 nitrogen and oxygen atoms in total. The molecule has 16 heavy (non-hydrogen) atoms. The van der Waals surface area contributed by atoms with Crippen molar-refractivity contribution in [2.45, 2.75) is 20.8 Å². The summed E-state index contributed by atoms with van der Waals surface area (Å²) in [7, 11) is -2.70. The summed E-state index contributed by atoms with van der Waals surface area (Å²) in [5.74, 6) is 0. The second-order valence-corrected chi connectivity index (χ2v) is 4.70. The molecule has 0 aromatic carbocycles. The van der Waals surface area contributed by atoms with Gasteiger partial charge in [-0.3, -0.25) is 4.57 Å². The highest BCUT2D eigenvalue weighted by molar-refractivity contribution is 7.53. The van der Waals surface area contributed by atoms with Gasteiger partial charge >= 0.3 is 13.6 Å². The van der Waals surface area contributed by atoms with Crippen molar-refractivity contribution in [2.24, 2.45) is 11.0 Å². The van der Waals surface area contributed by atoms with Crippen LogP contribution in [0.5, 0.6) is 0 Å². The van der Waals surface area contributed by atoms with Crippen LogP contribution in [0.25, 0.3) is 0 Å². The minimum Gasteiger partial charge on any atom is -0.350 e. The second kappa shape index (κ2) is 10.5. The highest BCUT2D eigenvalue weighted by Crippen LogP contribution is 2.47. The van der Waals surface area contributed by atoms with Crippen LogP contribution in [0.2, 0.25) is 0 Å². The number of nitrogens with zero attached hydrogens (tertiary/aromatic N) is 1. The maximum Gasteiger partial charge on any atom is 0.335 e. The monoisotopic (exact) mass is 255 g/mol. The van der Waals surface area contributed by atoms with Gasteiger partial charge in [-0.05, 0) is 13.8 Å². The lowest BCUT2D eigenvalue weighted by molar-refractivity contribution is 0.221. The molecule has 0 fully saturated rings. The lowest BCUT2D eigenvalue weighted by atomic mass is 10.9. The van der Waals surface area contributed by atoms with Gasteiger partial charge in [0.05, 0.1) is 18.5 Å². The van der Waals surface area contributed by atoms with Gasteiger partial charge < -0.3 is 14.8 Å². The van der Waals surface area contributed by atoms with E-state index in [1.54, 1.807) is 20.8 Å². The van der Waals surface area contributed by atoms with Gasteiger partial charge in [0.15, 0.2) is 0 Å². The molecule has 0 spiro atoms. The minimum absolute atomic E-state index is 0.450. The van der Waals surface area contributed by atoms with Gasteiger partial charge in [-0.25, -0.2) is 4.79 Å². The van der Waals surface area contributed by atoms with E-state index >= 15 is 0 Å². The smallest absolute Gasteiger partial charge is 0.335 e. The Morgan fingerprint density at radius 3 is 1.88 bits per heavy atom. The van der Waals surface area contributed by atoms with Crippen molar-refractivity contribution in [1.82, 2.24) is 5.43 Å². The summed E-state index contributed by atoms with van der Waals surface area (Å²) in [6.45, 7) is 6.31. The molecule has 0 unspecified atom stereocenters. The van der Waals surface area contributed by atoms with Crippen LogP contribution in [0.3, 0.4) is 0 Å². The topological polar surface area (TPSA) is 120 Å². The molecule has 0 aromatic rings. The number of amides is 2. The molecule has 96 valence electrons. The molecule has 0 saturated carbocycles. The Morgan fingerprint density at radius 2 is 1.75 bits per heavy atom. The Balaban J connectivity index is 0. The third-order valence-electron chi connectivity index (χ3n) is 1.19. The van der Waals surface area contributed by atoms with Crippen LogP contribution >= 0.6 is 7.60 Å². The summed E-state index contributed by atoms with van der Waals surface area (Å²) in [5, 5.41) is 1.96. The fourth-order valence-corrected chi connectivity index (χ4v) is 1.88. The number of nitrogens with one attached hydrogen (secondary N) is 1. The van der Waals surface area contributed by atoms with Crippen LogP contribution in [-0.4, -0.2) is 25.4 Å². The number of rotatable bonds is 6. The molecule has 2 amide bonds. The lowest BCUT2D eigenvalue weighted by Gasteiger charge is -2.13. The van der Waals surface area contributed by atoms with E-state index in [1.165, 1.54) is 5.43 Å². The van der Waals surface area contributed by atoms with Crippen molar-refractivity contribution < 1.29 is 18.4 Å². The van der Waals surface area contributed by atoms with E-state index in [-0.39, 0.29) is 0 Å². The molecule has 0 aromatic heterocycles. The molecule has 0 rings (SSSR count). The van der Waals surface area contributed by atoms with E-state index in [0.29, 0.717) is 19.4 Å². The van der Waals surface area contributed by atoms with Crippen molar-refractivity contribution >= 4 is 13.6 Å². The third-order valence-corrected chi connectivity index (χ3v) is 3.27. The van der Waals surface area contributed by atoms with E-state index < -0.39 is 13.6 Å². The maximum absolute atomic E-state index is 11.3. The average molecular weight is 255 g/mol. The van der Waals surface area contributed by atoms with Gasteiger partial charge in [0.25, 0.3) is 0 Å². The van der Waals surface area contributed by atoms with Gasteiger partial charge in [-0.15, -0.1) is 4.91 Å². The zero-order valence-corrected chi connectivity index (χ0v) is 10.5. The Morgan fingerprint density at radius 1 is 1.31 bits per heavy atom. The zero-order valence-electron chi connectivity index (χ0n) is 9.63. The van der Waals surface area contributed by atoms with Crippen molar-refractivity contribution in [3.05, 3.63) is 4.91 Å². The first-order chi connectivity index (χ1) is 7.45. The molecule has 9 heteroatoms. The second-order valence-electron chi connectivity index (χ2n) is 2.33. The van der Waals surface area contributed by atoms with E-state index in [9.17, 15) is 9.36 Å². The number of nitroso groups, excluding NO2 is 1. The molecule has 0 atom stereocenters. The summed E-state index contributed by atoms with van der Waals surface area (Å²) in [6, 6.07) is -0.940. The van der Waals surface area contributed by atoms with E-state index in [0.717, 1.165) is 0 Å². The number of primary amides is 1.